The molecule has 3 heteroatoms. The van der Waals surface area contributed by atoms with Gasteiger partial charge in [-0.2, -0.15) is 0 Å². The van der Waals surface area contributed by atoms with Crippen LogP contribution in [0.15, 0.2) is 0 Å². The number of hydrogen-bond donors (Lipinski definition) is 2. The van der Waals surface area contributed by atoms with Crippen molar-refractivity contribution in [2.75, 3.05) is 13.6 Å². The highest BCUT2D eigenvalue weighted by Gasteiger charge is 2.23. The van der Waals surface area contributed by atoms with Crippen LogP contribution in [-0.2, 0) is 0 Å². The lowest BCUT2D eigenvalue weighted by atomic mass is 9.85. The van der Waals surface area contributed by atoms with Gasteiger partial charge in [0.15, 0.2) is 0 Å². The first-order valence-corrected chi connectivity index (χ1v) is 7.87. The fraction of sp³-hybridized carbons (Fsp3) is 0.938. The number of nitrogens with one attached hydrogen (secondary N) is 1. The molecule has 0 amide bonds. The summed E-state index contributed by atoms with van der Waals surface area (Å²) in [5.41, 5.74) is 5.49. The zero-order chi connectivity index (χ0) is 14.5. The van der Waals surface area contributed by atoms with Crippen LogP contribution in [0.3, 0.4) is 0 Å². The topological polar surface area (TPSA) is 53.1 Å². The van der Waals surface area contributed by atoms with Crippen LogP contribution in [0, 0.1) is 16.7 Å². The second kappa shape index (κ2) is 7.28. The van der Waals surface area contributed by atoms with Gasteiger partial charge in [0.05, 0.1) is 5.84 Å². The predicted molar refractivity (Wildman–Crippen MR) is 83.6 cm³/mol. The van der Waals surface area contributed by atoms with Gasteiger partial charge in [-0.15, -0.1) is 0 Å². The largest absolute Gasteiger partial charge is 0.387 e. The average molecular weight is 267 g/mol. The summed E-state index contributed by atoms with van der Waals surface area (Å²) in [6.45, 7) is 7.70. The lowest BCUT2D eigenvalue weighted by Gasteiger charge is -2.33. The van der Waals surface area contributed by atoms with Gasteiger partial charge in [0.25, 0.3) is 0 Å². The van der Waals surface area contributed by atoms with Gasteiger partial charge in [-0.05, 0) is 58.0 Å². The van der Waals surface area contributed by atoms with Crippen LogP contribution in [0.5, 0.6) is 0 Å². The Morgan fingerprint density at radius 2 is 1.79 bits per heavy atom. The molecule has 0 radical (unpaired) electrons. The van der Waals surface area contributed by atoms with Gasteiger partial charge < -0.3 is 10.6 Å². The summed E-state index contributed by atoms with van der Waals surface area (Å²) in [6.07, 6.45) is 8.95. The molecule has 0 aromatic rings. The number of amidine groups is 1. The minimum atomic E-state index is -0.126. The molecule has 0 bridgehead atoms. The standard InChI is InChI=1S/C16H33N3/c1-13-7-9-14(10-8-13)19(4)12-6-5-11-16(2,3)15(17)18/h13-14H,5-12H2,1-4H3,(H3,17,18). The summed E-state index contributed by atoms with van der Waals surface area (Å²) in [5, 5.41) is 7.56. The summed E-state index contributed by atoms with van der Waals surface area (Å²) in [6, 6.07) is 0.803. The third-order valence-electron chi connectivity index (χ3n) is 4.90. The van der Waals surface area contributed by atoms with Crippen molar-refractivity contribution in [3.05, 3.63) is 0 Å². The zero-order valence-electron chi connectivity index (χ0n) is 13.3. The molecule has 1 rings (SSSR count). The van der Waals surface area contributed by atoms with E-state index in [0.717, 1.165) is 18.4 Å². The van der Waals surface area contributed by atoms with E-state index < -0.39 is 0 Å². The Bertz CT molecular complexity index is 278. The van der Waals surface area contributed by atoms with E-state index in [1.807, 2.05) is 0 Å². The molecule has 0 aliphatic heterocycles. The molecule has 3 nitrogen and oxygen atoms in total. The molecule has 0 saturated heterocycles. The van der Waals surface area contributed by atoms with Crippen LogP contribution in [0.4, 0.5) is 0 Å². The predicted octanol–water partition coefficient (Wildman–Crippen LogP) is 3.63. The van der Waals surface area contributed by atoms with Gasteiger partial charge in [0.1, 0.15) is 0 Å². The minimum Gasteiger partial charge on any atom is -0.387 e. The fourth-order valence-electron chi connectivity index (χ4n) is 2.93. The molecule has 0 heterocycles. The lowest BCUT2D eigenvalue weighted by molar-refractivity contribution is 0.166. The SMILES string of the molecule is CC1CCC(N(C)CCCCC(C)(C)C(=N)N)CC1. The number of hydrogen-bond acceptors (Lipinski definition) is 2. The second-order valence-corrected chi connectivity index (χ2v) is 7.15. The van der Waals surface area contributed by atoms with Crippen molar-refractivity contribution in [2.24, 2.45) is 17.1 Å². The first-order chi connectivity index (χ1) is 8.83. The van der Waals surface area contributed by atoms with Gasteiger partial charge in [-0.25, -0.2) is 0 Å². The molecule has 112 valence electrons. The highest BCUT2D eigenvalue weighted by atomic mass is 15.1. The van der Waals surface area contributed by atoms with Crippen LogP contribution >= 0.6 is 0 Å². The molecular formula is C16H33N3. The molecule has 19 heavy (non-hydrogen) atoms. The number of unbranched alkanes of at least 4 members (excludes halogenated alkanes) is 1. The average Bonchev–Trinajstić information content (AvgIpc) is 2.35. The maximum Gasteiger partial charge on any atom is 0.0963 e. The first kappa shape index (κ1) is 16.5. The molecule has 0 unspecified atom stereocenters. The third kappa shape index (κ3) is 5.52. The van der Waals surface area contributed by atoms with Gasteiger partial charge in [-0.1, -0.05) is 27.2 Å². The Balaban J connectivity index is 2.17. The lowest BCUT2D eigenvalue weighted by Crippen LogP contribution is -2.35. The third-order valence-corrected chi connectivity index (χ3v) is 4.90. The molecule has 1 aliphatic rings. The van der Waals surface area contributed by atoms with Crippen LogP contribution in [0.1, 0.15) is 65.7 Å². The summed E-state index contributed by atoms with van der Waals surface area (Å²) >= 11 is 0. The number of rotatable bonds is 7. The Morgan fingerprint density at radius 1 is 1.21 bits per heavy atom. The van der Waals surface area contributed by atoms with Crippen LogP contribution in [-0.4, -0.2) is 30.4 Å². The maximum absolute atomic E-state index is 7.56. The van der Waals surface area contributed by atoms with E-state index in [9.17, 15) is 0 Å². The van der Waals surface area contributed by atoms with Crippen molar-refractivity contribution in [3.8, 4) is 0 Å². The smallest absolute Gasteiger partial charge is 0.0963 e. The Hall–Kier alpha value is -0.570. The summed E-state index contributed by atoms with van der Waals surface area (Å²) in [5.74, 6) is 1.25. The van der Waals surface area contributed by atoms with E-state index in [1.165, 1.54) is 45.1 Å². The van der Waals surface area contributed by atoms with E-state index in [1.54, 1.807) is 0 Å². The number of nitrogens with zero attached hydrogens (tertiary/aromatic N) is 1. The quantitative estimate of drug-likeness (QED) is 0.420. The summed E-state index contributed by atoms with van der Waals surface area (Å²) < 4.78 is 0. The summed E-state index contributed by atoms with van der Waals surface area (Å²) in [4.78, 5) is 2.55. The van der Waals surface area contributed by atoms with E-state index >= 15 is 0 Å². The summed E-state index contributed by atoms with van der Waals surface area (Å²) in [7, 11) is 2.27. The zero-order valence-corrected chi connectivity index (χ0v) is 13.3. The molecule has 0 aromatic carbocycles. The van der Waals surface area contributed by atoms with Crippen LogP contribution in [0.2, 0.25) is 0 Å². The highest BCUT2D eigenvalue weighted by molar-refractivity contribution is 5.82. The van der Waals surface area contributed by atoms with E-state index in [-0.39, 0.29) is 5.41 Å². The van der Waals surface area contributed by atoms with Gasteiger partial charge >= 0.3 is 0 Å². The molecule has 0 atom stereocenters. The van der Waals surface area contributed by atoms with E-state index in [2.05, 4.69) is 32.7 Å². The van der Waals surface area contributed by atoms with E-state index in [0.29, 0.717) is 5.84 Å². The van der Waals surface area contributed by atoms with Gasteiger partial charge in [0.2, 0.25) is 0 Å². The van der Waals surface area contributed by atoms with Crippen molar-refractivity contribution in [1.82, 2.24) is 4.90 Å². The van der Waals surface area contributed by atoms with Crippen LogP contribution in [0.25, 0.3) is 0 Å². The molecule has 1 saturated carbocycles. The van der Waals surface area contributed by atoms with Crippen molar-refractivity contribution in [1.29, 1.82) is 5.41 Å². The molecule has 1 aliphatic carbocycles. The molecule has 0 spiro atoms. The van der Waals surface area contributed by atoms with Crippen molar-refractivity contribution in [2.45, 2.75) is 71.8 Å². The molecular weight excluding hydrogens is 234 g/mol. The Kier molecular flexibility index (Phi) is 6.31. The van der Waals surface area contributed by atoms with Crippen molar-refractivity contribution in [3.63, 3.8) is 0 Å². The van der Waals surface area contributed by atoms with Gasteiger partial charge in [-0.3, -0.25) is 5.41 Å². The number of nitrogens with two attached hydrogens (primary N) is 1. The normalized spacial score (nSPS) is 24.7. The Morgan fingerprint density at radius 3 is 2.32 bits per heavy atom. The maximum atomic E-state index is 7.56. The van der Waals surface area contributed by atoms with Crippen molar-refractivity contribution < 1.29 is 0 Å². The van der Waals surface area contributed by atoms with Crippen LogP contribution < -0.4 is 5.73 Å². The fourth-order valence-corrected chi connectivity index (χ4v) is 2.93. The first-order valence-electron chi connectivity index (χ1n) is 7.87. The van der Waals surface area contributed by atoms with Crippen molar-refractivity contribution >= 4 is 5.84 Å². The highest BCUT2D eigenvalue weighted by Crippen LogP contribution is 2.27. The van der Waals surface area contributed by atoms with Gasteiger partial charge in [0, 0.05) is 11.5 Å². The van der Waals surface area contributed by atoms with E-state index in [4.69, 9.17) is 11.1 Å². The monoisotopic (exact) mass is 267 g/mol. The molecule has 0 aromatic heterocycles. The second-order valence-electron chi connectivity index (χ2n) is 7.15. The minimum absolute atomic E-state index is 0.126. The molecule has 1 fully saturated rings. The Labute approximate surface area is 119 Å². The molecule has 3 N–H and O–H groups in total.